The van der Waals surface area contributed by atoms with Gasteiger partial charge in [-0.25, -0.2) is 15.0 Å². The van der Waals surface area contributed by atoms with Crippen LogP contribution in [0.25, 0.3) is 11.2 Å². The average Bonchev–Trinajstić information content (AvgIpc) is 3.25. The summed E-state index contributed by atoms with van der Waals surface area (Å²) in [6.07, 6.45) is -1.18. The Bertz CT molecular complexity index is 985. The number of fused-ring (bicyclic) bond motifs is 1. The fraction of sp³-hybridized carbons (Fsp3) is 0.619. The summed E-state index contributed by atoms with van der Waals surface area (Å²) in [5.41, 5.74) is 6.66. The molecule has 0 spiro atoms. The third-order valence-corrected chi connectivity index (χ3v) is 5.80. The Labute approximate surface area is 196 Å². The molecule has 6 unspecified atom stereocenters. The molecule has 2 aromatic heterocycles. The first-order valence-electron chi connectivity index (χ1n) is 10.7. The highest BCUT2D eigenvalue weighted by atomic mass is 16.6. The van der Waals surface area contributed by atoms with E-state index in [2.05, 4.69) is 15.0 Å². The second-order valence-electron chi connectivity index (χ2n) is 7.96. The van der Waals surface area contributed by atoms with Crippen molar-refractivity contribution < 1.29 is 39.1 Å². The molecule has 0 aliphatic carbocycles. The predicted molar refractivity (Wildman–Crippen MR) is 119 cm³/mol. The second kappa shape index (κ2) is 11.6. The zero-order chi connectivity index (χ0) is 24.8. The predicted octanol–water partition coefficient (Wildman–Crippen LogP) is -1.03. The van der Waals surface area contributed by atoms with Crippen LogP contribution in [0.15, 0.2) is 24.8 Å². The van der Waals surface area contributed by atoms with Gasteiger partial charge in [-0.1, -0.05) is 12.2 Å². The van der Waals surface area contributed by atoms with Gasteiger partial charge < -0.3 is 44.6 Å². The second-order valence-corrected chi connectivity index (χ2v) is 7.96. The number of rotatable bonds is 5. The maximum atomic E-state index is 12.1. The van der Waals surface area contributed by atoms with Crippen LogP contribution >= 0.6 is 0 Å². The Morgan fingerprint density at radius 1 is 1.21 bits per heavy atom. The Morgan fingerprint density at radius 3 is 2.68 bits per heavy atom. The quantitative estimate of drug-likeness (QED) is 0.301. The Morgan fingerprint density at radius 2 is 1.97 bits per heavy atom. The summed E-state index contributed by atoms with van der Waals surface area (Å²) in [6, 6.07) is -0.643. The van der Waals surface area contributed by atoms with Crippen LogP contribution in [-0.4, -0.2) is 105 Å². The molecule has 0 aromatic carbocycles. The molecule has 0 saturated heterocycles. The van der Waals surface area contributed by atoms with Crippen LogP contribution in [-0.2, 0) is 23.7 Å². The molecule has 2 aromatic rings. The number of esters is 1. The highest BCUT2D eigenvalue weighted by Gasteiger charge is 2.37. The zero-order valence-corrected chi connectivity index (χ0v) is 19.2. The molecule has 0 fully saturated rings. The summed E-state index contributed by atoms with van der Waals surface area (Å²) < 4.78 is 23.5. The first kappa shape index (κ1) is 25.9. The van der Waals surface area contributed by atoms with Gasteiger partial charge in [0.05, 0.1) is 25.4 Å². The number of nitrogen functional groups attached to an aromatic ring is 1. The molecule has 0 radical (unpaired) electrons. The lowest BCUT2D eigenvalue weighted by Crippen LogP contribution is -2.49. The molecule has 3 heterocycles. The van der Waals surface area contributed by atoms with Crippen LogP contribution in [0, 0.1) is 0 Å². The van der Waals surface area contributed by atoms with Crippen molar-refractivity contribution in [1.29, 1.82) is 0 Å². The lowest BCUT2D eigenvalue weighted by atomic mass is 10.0. The van der Waals surface area contributed by atoms with Gasteiger partial charge in [0.25, 0.3) is 0 Å². The summed E-state index contributed by atoms with van der Waals surface area (Å²) in [7, 11) is 2.73. The summed E-state index contributed by atoms with van der Waals surface area (Å²) in [6.45, 7) is 1.21. The summed E-state index contributed by atoms with van der Waals surface area (Å²) in [5, 5.41) is 32.2. The SMILES string of the molecule is COC1COC(=O)C/C=C/[C@@H](O)C(OC)C(O)COC1C(O)C(C)n1cnc2c(N)ncnc21. The fourth-order valence-electron chi connectivity index (χ4n) is 3.81. The van der Waals surface area contributed by atoms with Gasteiger partial charge in [-0.15, -0.1) is 0 Å². The smallest absolute Gasteiger partial charge is 0.309 e. The number of hydrogen-bond donors (Lipinski definition) is 4. The van der Waals surface area contributed by atoms with Crippen molar-refractivity contribution in [1.82, 2.24) is 19.5 Å². The van der Waals surface area contributed by atoms with E-state index in [1.165, 1.54) is 39.0 Å². The number of aromatic nitrogens is 4. The number of carbonyl (C=O) groups excluding carboxylic acids is 1. The normalized spacial score (nSPS) is 29.9. The van der Waals surface area contributed by atoms with Crippen LogP contribution in [0.1, 0.15) is 19.4 Å². The standard InChI is InChI=1S/C21H31N5O8/c1-11(26-10-25-16-20(22)23-9-24-21(16)26)17(30)19-14(31-2)8-33-15(29)6-4-5-12(27)18(32-3)13(28)7-34-19/h4-5,9-14,17-19,27-28,30H,6-8H2,1-3H3,(H2,22,23,24)/b5-4+/t11?,12-,13?,14?,17?,18?,19?/m1/s1. The van der Waals surface area contributed by atoms with E-state index in [0.29, 0.717) is 11.2 Å². The van der Waals surface area contributed by atoms with Crippen molar-refractivity contribution in [3.05, 3.63) is 24.8 Å². The molecule has 13 nitrogen and oxygen atoms in total. The number of imidazole rings is 1. The molecule has 7 atom stereocenters. The number of nitrogens with zero attached hydrogens (tertiary/aromatic N) is 4. The molecule has 0 saturated carbocycles. The summed E-state index contributed by atoms with van der Waals surface area (Å²) >= 11 is 0. The molecule has 0 bridgehead atoms. The van der Waals surface area contributed by atoms with Crippen molar-refractivity contribution >= 4 is 23.0 Å². The van der Waals surface area contributed by atoms with E-state index < -0.39 is 48.6 Å². The van der Waals surface area contributed by atoms with E-state index in [1.54, 1.807) is 11.5 Å². The highest BCUT2D eigenvalue weighted by Crippen LogP contribution is 2.25. The minimum Gasteiger partial charge on any atom is -0.463 e. The van der Waals surface area contributed by atoms with Crippen LogP contribution in [0.3, 0.4) is 0 Å². The molecule has 1 aliphatic heterocycles. The van der Waals surface area contributed by atoms with Crippen LogP contribution < -0.4 is 5.73 Å². The summed E-state index contributed by atoms with van der Waals surface area (Å²) in [4.78, 5) is 24.4. The van der Waals surface area contributed by atoms with Gasteiger partial charge in [0, 0.05) is 14.2 Å². The van der Waals surface area contributed by atoms with Crippen molar-refractivity contribution in [2.75, 3.05) is 33.2 Å². The Kier molecular flexibility index (Phi) is 8.88. The van der Waals surface area contributed by atoms with E-state index in [9.17, 15) is 20.1 Å². The lowest BCUT2D eigenvalue weighted by Gasteiger charge is -2.34. The summed E-state index contributed by atoms with van der Waals surface area (Å²) in [5.74, 6) is -0.361. The molecule has 5 N–H and O–H groups in total. The fourth-order valence-corrected chi connectivity index (χ4v) is 3.81. The number of anilines is 1. The van der Waals surface area contributed by atoms with Crippen molar-refractivity contribution in [2.24, 2.45) is 0 Å². The van der Waals surface area contributed by atoms with E-state index in [0.717, 1.165) is 0 Å². The van der Waals surface area contributed by atoms with Crippen molar-refractivity contribution in [2.45, 2.75) is 56.0 Å². The monoisotopic (exact) mass is 481 g/mol. The molecule has 188 valence electrons. The maximum Gasteiger partial charge on any atom is 0.309 e. The average molecular weight is 482 g/mol. The third-order valence-electron chi connectivity index (χ3n) is 5.80. The maximum absolute atomic E-state index is 12.1. The first-order valence-corrected chi connectivity index (χ1v) is 10.7. The lowest BCUT2D eigenvalue weighted by molar-refractivity contribution is -0.173. The Balaban J connectivity index is 1.89. The van der Waals surface area contributed by atoms with Gasteiger partial charge in [0.1, 0.15) is 55.1 Å². The van der Waals surface area contributed by atoms with Crippen molar-refractivity contribution in [3.63, 3.8) is 0 Å². The number of methoxy groups -OCH3 is 2. The van der Waals surface area contributed by atoms with Crippen LogP contribution in [0.4, 0.5) is 5.82 Å². The van der Waals surface area contributed by atoms with Crippen LogP contribution in [0.2, 0.25) is 0 Å². The molecule has 13 heteroatoms. The van der Waals surface area contributed by atoms with E-state index in [4.69, 9.17) is 24.7 Å². The van der Waals surface area contributed by atoms with Gasteiger partial charge in [-0.2, -0.15) is 0 Å². The van der Waals surface area contributed by atoms with Gasteiger partial charge >= 0.3 is 5.97 Å². The van der Waals surface area contributed by atoms with Crippen LogP contribution in [0.5, 0.6) is 0 Å². The highest BCUT2D eigenvalue weighted by molar-refractivity contribution is 5.81. The molecule has 1 aliphatic rings. The van der Waals surface area contributed by atoms with Gasteiger partial charge in [0.2, 0.25) is 0 Å². The minimum atomic E-state index is -1.24. The number of carbonyl (C=O) groups is 1. The van der Waals surface area contributed by atoms with Crippen molar-refractivity contribution in [3.8, 4) is 0 Å². The number of hydrogen-bond acceptors (Lipinski definition) is 12. The molecular weight excluding hydrogens is 450 g/mol. The number of ether oxygens (including phenoxy) is 4. The Hall–Kier alpha value is -2.68. The topological polar surface area (TPSA) is 184 Å². The first-order chi connectivity index (χ1) is 16.3. The number of nitrogens with two attached hydrogens (primary N) is 1. The third kappa shape index (κ3) is 5.68. The van der Waals surface area contributed by atoms with E-state index >= 15 is 0 Å². The van der Waals surface area contributed by atoms with E-state index in [-0.39, 0.29) is 25.5 Å². The zero-order valence-electron chi connectivity index (χ0n) is 19.2. The molecular formula is C21H31N5O8. The largest absolute Gasteiger partial charge is 0.463 e. The number of aliphatic hydroxyl groups excluding tert-OH is 3. The molecule has 0 amide bonds. The molecule has 34 heavy (non-hydrogen) atoms. The molecule has 3 rings (SSSR count). The number of cyclic esters (lactones) is 1. The minimum absolute atomic E-state index is 0.105. The van der Waals surface area contributed by atoms with E-state index in [1.807, 2.05) is 0 Å². The van der Waals surface area contributed by atoms with Gasteiger partial charge in [-0.05, 0) is 6.92 Å². The van der Waals surface area contributed by atoms with Gasteiger partial charge in [0.15, 0.2) is 11.5 Å². The number of aliphatic hydroxyl groups is 3. The van der Waals surface area contributed by atoms with Gasteiger partial charge in [-0.3, -0.25) is 4.79 Å².